The molecule has 0 aliphatic rings. The van der Waals surface area contributed by atoms with Crippen molar-refractivity contribution in [2.24, 2.45) is 0 Å². The monoisotopic (exact) mass is 464 g/mol. The molecular formula is C22H19F3N2O4S. The van der Waals surface area contributed by atoms with Gasteiger partial charge in [-0.25, -0.2) is 8.42 Å². The first-order chi connectivity index (χ1) is 15.1. The van der Waals surface area contributed by atoms with E-state index < -0.39 is 27.7 Å². The Kier molecular flexibility index (Phi) is 6.73. The molecule has 0 saturated carbocycles. The summed E-state index contributed by atoms with van der Waals surface area (Å²) in [5.74, 6) is 0.152. The molecule has 0 aliphatic carbocycles. The van der Waals surface area contributed by atoms with Crippen LogP contribution in [0.15, 0.2) is 77.7 Å². The molecule has 2 N–H and O–H groups in total. The number of hydrogen-bond donors (Lipinski definition) is 2. The minimum Gasteiger partial charge on any atom is -0.496 e. The first-order valence-corrected chi connectivity index (χ1v) is 10.8. The molecule has 10 heteroatoms. The Balaban J connectivity index is 1.75. The molecule has 3 rings (SSSR count). The van der Waals surface area contributed by atoms with E-state index in [9.17, 15) is 26.4 Å². The molecule has 0 atom stereocenters. The molecule has 0 aliphatic heterocycles. The Morgan fingerprint density at radius 2 is 1.62 bits per heavy atom. The zero-order valence-corrected chi connectivity index (χ0v) is 17.6. The third-order valence-corrected chi connectivity index (χ3v) is 5.79. The van der Waals surface area contributed by atoms with E-state index in [2.05, 4.69) is 10.0 Å². The maximum atomic E-state index is 12.9. The number of anilines is 2. The Morgan fingerprint density at radius 1 is 0.938 bits per heavy atom. The maximum Gasteiger partial charge on any atom is 0.416 e. The first-order valence-electron chi connectivity index (χ1n) is 9.30. The predicted octanol–water partition coefficient (Wildman–Crippen LogP) is 4.70. The van der Waals surface area contributed by atoms with Crippen molar-refractivity contribution in [2.75, 3.05) is 17.1 Å². The summed E-state index contributed by atoms with van der Waals surface area (Å²) < 4.78 is 71.3. The Morgan fingerprint density at radius 3 is 2.34 bits per heavy atom. The summed E-state index contributed by atoms with van der Waals surface area (Å²) >= 11 is 0. The summed E-state index contributed by atoms with van der Waals surface area (Å²) in [5, 5.41) is 2.61. The highest BCUT2D eigenvalue weighted by Gasteiger charge is 2.30. The fourth-order valence-corrected chi connectivity index (χ4v) is 4.04. The van der Waals surface area contributed by atoms with E-state index in [1.807, 2.05) is 0 Å². The molecule has 0 radical (unpaired) electrons. The van der Waals surface area contributed by atoms with Gasteiger partial charge in [-0.15, -0.1) is 0 Å². The second kappa shape index (κ2) is 9.31. The number of carbonyl (C=O) groups is 1. The van der Waals surface area contributed by atoms with Crippen LogP contribution in [0.2, 0.25) is 0 Å². The number of halogens is 3. The molecule has 6 nitrogen and oxygen atoms in total. The summed E-state index contributed by atoms with van der Waals surface area (Å²) in [4.78, 5) is 12.2. The van der Waals surface area contributed by atoms with Gasteiger partial charge in [0.1, 0.15) is 5.75 Å². The minimum atomic E-state index is -4.60. The van der Waals surface area contributed by atoms with Gasteiger partial charge in [-0.05, 0) is 42.5 Å². The molecule has 0 heterocycles. The van der Waals surface area contributed by atoms with Crippen LogP contribution in [0.5, 0.6) is 5.75 Å². The molecule has 168 valence electrons. The van der Waals surface area contributed by atoms with Crippen molar-refractivity contribution in [3.05, 3.63) is 83.9 Å². The molecular weight excluding hydrogens is 445 g/mol. The number of methoxy groups -OCH3 is 1. The lowest BCUT2D eigenvalue weighted by Crippen LogP contribution is -2.17. The first kappa shape index (κ1) is 23.1. The molecule has 0 bridgehead atoms. The van der Waals surface area contributed by atoms with Gasteiger partial charge in [0.25, 0.3) is 10.0 Å². The van der Waals surface area contributed by atoms with Crippen molar-refractivity contribution in [3.63, 3.8) is 0 Å². The fraction of sp³-hybridized carbons (Fsp3) is 0.136. The average Bonchev–Trinajstić information content (AvgIpc) is 2.73. The molecule has 0 unspecified atom stereocenters. The van der Waals surface area contributed by atoms with Crippen LogP contribution in [0.1, 0.15) is 11.1 Å². The molecule has 3 aromatic rings. The Labute approximate surface area is 183 Å². The summed E-state index contributed by atoms with van der Waals surface area (Å²) in [7, 11) is -2.70. The van der Waals surface area contributed by atoms with Gasteiger partial charge in [0, 0.05) is 16.9 Å². The number of carbonyl (C=O) groups excluding carboxylic acids is 1. The Hall–Kier alpha value is -3.53. The number of ether oxygens (including phenoxy) is 1. The normalized spacial score (nSPS) is 11.6. The lowest BCUT2D eigenvalue weighted by Gasteiger charge is -2.12. The van der Waals surface area contributed by atoms with Gasteiger partial charge in [0.2, 0.25) is 5.91 Å². The number of sulfonamides is 1. The van der Waals surface area contributed by atoms with E-state index in [1.54, 1.807) is 24.3 Å². The molecule has 1 amide bonds. The number of hydrogen-bond acceptors (Lipinski definition) is 4. The van der Waals surface area contributed by atoms with Crippen LogP contribution in [-0.2, 0) is 27.4 Å². The second-order valence-electron chi connectivity index (χ2n) is 6.75. The van der Waals surface area contributed by atoms with Gasteiger partial charge in [0.15, 0.2) is 0 Å². The molecule has 0 spiro atoms. The van der Waals surface area contributed by atoms with Crippen LogP contribution < -0.4 is 14.8 Å². The molecule has 0 fully saturated rings. The minimum absolute atomic E-state index is 0.00345. The molecule has 0 aromatic heterocycles. The highest BCUT2D eigenvalue weighted by atomic mass is 32.2. The van der Waals surface area contributed by atoms with Crippen molar-refractivity contribution < 1.29 is 31.1 Å². The highest BCUT2D eigenvalue weighted by molar-refractivity contribution is 7.92. The number of rotatable bonds is 7. The zero-order valence-electron chi connectivity index (χ0n) is 16.8. The van der Waals surface area contributed by atoms with Gasteiger partial charge in [-0.3, -0.25) is 9.52 Å². The van der Waals surface area contributed by atoms with Crippen LogP contribution >= 0.6 is 0 Å². The van der Waals surface area contributed by atoms with Gasteiger partial charge in [0.05, 0.1) is 24.0 Å². The highest BCUT2D eigenvalue weighted by Crippen LogP contribution is 2.31. The second-order valence-corrected chi connectivity index (χ2v) is 8.43. The number of amides is 1. The van der Waals surface area contributed by atoms with Crippen molar-refractivity contribution >= 4 is 27.3 Å². The van der Waals surface area contributed by atoms with Crippen LogP contribution in [-0.4, -0.2) is 21.4 Å². The van der Waals surface area contributed by atoms with Crippen LogP contribution in [0.3, 0.4) is 0 Å². The van der Waals surface area contributed by atoms with Crippen molar-refractivity contribution in [1.82, 2.24) is 0 Å². The fourth-order valence-electron chi connectivity index (χ4n) is 2.94. The summed E-state index contributed by atoms with van der Waals surface area (Å²) in [6, 6.07) is 16.3. The van der Waals surface area contributed by atoms with Gasteiger partial charge in [-0.1, -0.05) is 30.3 Å². The number of nitrogens with one attached hydrogen (secondary N) is 2. The lowest BCUT2D eigenvalue weighted by atomic mass is 10.1. The standard InChI is InChI=1S/C22H19F3N2O4S/c1-31-20-11-3-2-6-15(20)12-21(28)26-17-8-5-10-19(14-17)32(29,30)27-18-9-4-7-16(13-18)22(23,24)25/h2-11,13-14,27H,12H2,1H3,(H,26,28). The van der Waals surface area contributed by atoms with Crippen LogP contribution in [0.25, 0.3) is 0 Å². The van der Waals surface area contributed by atoms with E-state index in [0.717, 1.165) is 12.1 Å². The van der Waals surface area contributed by atoms with Gasteiger partial charge >= 0.3 is 6.18 Å². The zero-order chi connectivity index (χ0) is 23.4. The number of alkyl halides is 3. The third kappa shape index (κ3) is 5.79. The van der Waals surface area contributed by atoms with Crippen LogP contribution in [0, 0.1) is 0 Å². The Bertz CT molecular complexity index is 1230. The summed E-state index contributed by atoms with van der Waals surface area (Å²) in [5.41, 5.74) is -0.334. The largest absolute Gasteiger partial charge is 0.496 e. The smallest absolute Gasteiger partial charge is 0.416 e. The quantitative estimate of drug-likeness (QED) is 0.531. The summed E-state index contributed by atoms with van der Waals surface area (Å²) in [6.07, 6.45) is -4.60. The van der Waals surface area contributed by atoms with Crippen molar-refractivity contribution in [3.8, 4) is 5.75 Å². The molecule has 3 aromatic carbocycles. The third-order valence-electron chi connectivity index (χ3n) is 4.41. The van der Waals surface area contributed by atoms with E-state index in [0.29, 0.717) is 17.4 Å². The number of benzene rings is 3. The van der Waals surface area contributed by atoms with E-state index in [1.165, 1.54) is 37.4 Å². The topological polar surface area (TPSA) is 84.5 Å². The SMILES string of the molecule is COc1ccccc1CC(=O)Nc1cccc(S(=O)(=O)Nc2cccc(C(F)(F)F)c2)c1. The molecule has 0 saturated heterocycles. The van der Waals surface area contributed by atoms with E-state index in [4.69, 9.17) is 4.74 Å². The predicted molar refractivity (Wildman–Crippen MR) is 114 cm³/mol. The van der Waals surface area contributed by atoms with E-state index >= 15 is 0 Å². The molecule has 32 heavy (non-hydrogen) atoms. The van der Waals surface area contributed by atoms with E-state index in [-0.39, 0.29) is 22.7 Å². The van der Waals surface area contributed by atoms with Crippen molar-refractivity contribution in [1.29, 1.82) is 0 Å². The average molecular weight is 464 g/mol. The van der Waals surface area contributed by atoms with Crippen molar-refractivity contribution in [2.45, 2.75) is 17.5 Å². The van der Waals surface area contributed by atoms with Crippen LogP contribution in [0.4, 0.5) is 24.5 Å². The maximum absolute atomic E-state index is 12.9. The number of para-hydroxylation sites is 1. The summed E-state index contributed by atoms with van der Waals surface area (Å²) in [6.45, 7) is 0. The lowest BCUT2D eigenvalue weighted by molar-refractivity contribution is -0.137. The van der Waals surface area contributed by atoms with Gasteiger partial charge in [-0.2, -0.15) is 13.2 Å². The van der Waals surface area contributed by atoms with Gasteiger partial charge < -0.3 is 10.1 Å².